The standard InChI is InChI=1S/C20H17N3O9/c24-14-6-4-11(17(27)22(14)19(29)30)9-2-1-3-10-12(9)8-21(16(10)26)13-5-7-15(25)23(18(13)28)20(31)32/h1-3,11,13H,4-8H2,(H,29,30)(H,31,32). The van der Waals surface area contributed by atoms with Crippen molar-refractivity contribution in [2.75, 3.05) is 0 Å². The van der Waals surface area contributed by atoms with Crippen LogP contribution in [0.1, 0.15) is 53.1 Å². The molecule has 0 aliphatic carbocycles. The smallest absolute Gasteiger partial charge is 0.421 e. The van der Waals surface area contributed by atoms with E-state index in [-0.39, 0.29) is 47.6 Å². The molecule has 7 amide bonds. The minimum absolute atomic E-state index is 0.0415. The van der Waals surface area contributed by atoms with Gasteiger partial charge < -0.3 is 15.1 Å². The molecule has 166 valence electrons. The van der Waals surface area contributed by atoms with E-state index in [2.05, 4.69) is 0 Å². The van der Waals surface area contributed by atoms with E-state index in [9.17, 15) is 43.8 Å². The molecule has 1 aromatic carbocycles. The summed E-state index contributed by atoms with van der Waals surface area (Å²) in [5.74, 6) is -5.15. The molecule has 2 atom stereocenters. The van der Waals surface area contributed by atoms with Crippen molar-refractivity contribution in [2.45, 2.75) is 44.2 Å². The first kappa shape index (κ1) is 21.2. The molecule has 2 unspecified atom stereocenters. The molecular weight excluding hydrogens is 426 g/mol. The van der Waals surface area contributed by atoms with Crippen LogP contribution in [0.15, 0.2) is 18.2 Å². The lowest BCUT2D eigenvalue weighted by molar-refractivity contribution is -0.150. The normalized spacial score (nSPS) is 23.6. The number of imide groups is 6. The first-order valence-corrected chi connectivity index (χ1v) is 9.75. The van der Waals surface area contributed by atoms with Crippen LogP contribution in [0.3, 0.4) is 0 Å². The fourth-order valence-corrected chi connectivity index (χ4v) is 4.49. The highest BCUT2D eigenvalue weighted by Gasteiger charge is 2.47. The number of nitrogens with zero attached hydrogens (tertiary/aromatic N) is 3. The van der Waals surface area contributed by atoms with Crippen LogP contribution in [0, 0.1) is 0 Å². The molecule has 0 spiro atoms. The third kappa shape index (κ3) is 3.11. The molecule has 3 aliphatic heterocycles. The summed E-state index contributed by atoms with van der Waals surface area (Å²) in [5, 5.41) is 18.4. The Morgan fingerprint density at radius 1 is 0.844 bits per heavy atom. The second-order valence-electron chi connectivity index (χ2n) is 7.65. The van der Waals surface area contributed by atoms with Crippen molar-refractivity contribution in [3.63, 3.8) is 0 Å². The number of benzene rings is 1. The van der Waals surface area contributed by atoms with Crippen molar-refractivity contribution in [3.05, 3.63) is 34.9 Å². The van der Waals surface area contributed by atoms with Crippen LogP contribution in [-0.2, 0) is 25.7 Å². The molecule has 0 saturated carbocycles. The predicted octanol–water partition coefficient (Wildman–Crippen LogP) is 0.749. The molecule has 1 aromatic rings. The van der Waals surface area contributed by atoms with Crippen molar-refractivity contribution in [1.82, 2.24) is 14.7 Å². The monoisotopic (exact) mass is 443 g/mol. The molecule has 2 fully saturated rings. The largest absolute Gasteiger partial charge is 0.464 e. The number of carbonyl (C=O) groups excluding carboxylic acids is 5. The number of likely N-dealkylation sites (tertiary alicyclic amines) is 2. The Morgan fingerprint density at radius 2 is 1.44 bits per heavy atom. The molecule has 0 bridgehead atoms. The molecule has 4 rings (SSSR count). The number of fused-ring (bicyclic) bond motifs is 1. The first-order valence-electron chi connectivity index (χ1n) is 9.75. The molecule has 3 aliphatic rings. The van der Waals surface area contributed by atoms with E-state index in [1.165, 1.54) is 12.1 Å². The summed E-state index contributed by atoms with van der Waals surface area (Å²) in [4.78, 5) is 86.1. The summed E-state index contributed by atoms with van der Waals surface area (Å²) >= 11 is 0. The van der Waals surface area contributed by atoms with Gasteiger partial charge in [0, 0.05) is 24.9 Å². The molecule has 3 heterocycles. The SMILES string of the molecule is O=C(O)N1C(=O)CCC(c2cccc3c2CN(C2CCC(=O)N(C(=O)O)C2=O)C3=O)C1=O. The molecule has 12 nitrogen and oxygen atoms in total. The fourth-order valence-electron chi connectivity index (χ4n) is 4.49. The molecular formula is C20H17N3O9. The van der Waals surface area contributed by atoms with Crippen LogP contribution in [0.2, 0.25) is 0 Å². The second kappa shape index (κ2) is 7.55. The minimum Gasteiger partial charge on any atom is -0.464 e. The van der Waals surface area contributed by atoms with Crippen molar-refractivity contribution < 1.29 is 43.8 Å². The van der Waals surface area contributed by atoms with Crippen molar-refractivity contribution in [2.24, 2.45) is 0 Å². The Hall–Kier alpha value is -4.09. The van der Waals surface area contributed by atoms with E-state index in [4.69, 9.17) is 0 Å². The zero-order valence-electron chi connectivity index (χ0n) is 16.5. The van der Waals surface area contributed by atoms with Crippen LogP contribution >= 0.6 is 0 Å². The van der Waals surface area contributed by atoms with E-state index in [0.717, 1.165) is 4.90 Å². The van der Waals surface area contributed by atoms with Crippen LogP contribution in [-0.4, -0.2) is 72.7 Å². The summed E-state index contributed by atoms with van der Waals surface area (Å²) in [6.45, 7) is -0.118. The van der Waals surface area contributed by atoms with E-state index < -0.39 is 53.7 Å². The molecule has 12 heteroatoms. The van der Waals surface area contributed by atoms with Gasteiger partial charge in [-0.3, -0.25) is 24.0 Å². The second-order valence-corrected chi connectivity index (χ2v) is 7.65. The molecule has 2 saturated heterocycles. The Bertz CT molecular complexity index is 1110. The Morgan fingerprint density at radius 3 is 2.06 bits per heavy atom. The number of piperidine rings is 2. The number of hydrogen-bond acceptors (Lipinski definition) is 7. The van der Waals surface area contributed by atoms with Gasteiger partial charge in [0.15, 0.2) is 0 Å². The quantitative estimate of drug-likeness (QED) is 0.626. The number of hydrogen-bond donors (Lipinski definition) is 2. The fraction of sp³-hybridized carbons (Fsp3) is 0.350. The summed E-state index contributed by atoms with van der Waals surface area (Å²) < 4.78 is 0. The topological polar surface area (TPSA) is 170 Å². The Balaban J connectivity index is 1.67. The van der Waals surface area contributed by atoms with Gasteiger partial charge in [0.05, 0.1) is 5.92 Å². The Kier molecular flexibility index (Phi) is 4.99. The highest BCUT2D eigenvalue weighted by atomic mass is 16.4. The zero-order valence-corrected chi connectivity index (χ0v) is 16.5. The van der Waals surface area contributed by atoms with Crippen LogP contribution in [0.4, 0.5) is 9.59 Å². The van der Waals surface area contributed by atoms with Gasteiger partial charge in [-0.15, -0.1) is 0 Å². The average Bonchev–Trinajstić information content (AvgIpc) is 3.04. The van der Waals surface area contributed by atoms with Crippen LogP contribution < -0.4 is 0 Å². The molecule has 2 N–H and O–H groups in total. The minimum atomic E-state index is -1.72. The lowest BCUT2D eigenvalue weighted by atomic mass is 9.85. The zero-order chi connectivity index (χ0) is 23.3. The van der Waals surface area contributed by atoms with Gasteiger partial charge in [0.2, 0.25) is 17.7 Å². The summed E-state index contributed by atoms with van der Waals surface area (Å²) in [6, 6.07) is 3.39. The van der Waals surface area contributed by atoms with Gasteiger partial charge in [0.25, 0.3) is 11.8 Å². The van der Waals surface area contributed by atoms with Crippen molar-refractivity contribution in [3.8, 4) is 0 Å². The lowest BCUT2D eigenvalue weighted by Gasteiger charge is -2.33. The van der Waals surface area contributed by atoms with Crippen molar-refractivity contribution >= 4 is 41.7 Å². The summed E-state index contributed by atoms with van der Waals surface area (Å²) in [7, 11) is 0. The number of amides is 7. The Labute approximate surface area is 180 Å². The van der Waals surface area contributed by atoms with Gasteiger partial charge in [-0.25, -0.2) is 9.59 Å². The van der Waals surface area contributed by atoms with Crippen LogP contribution in [0.25, 0.3) is 0 Å². The van der Waals surface area contributed by atoms with E-state index in [0.29, 0.717) is 11.1 Å². The maximum absolute atomic E-state index is 13.0. The maximum Gasteiger partial charge on any atom is 0.421 e. The highest BCUT2D eigenvalue weighted by Crippen LogP contribution is 2.37. The number of rotatable bonds is 2. The highest BCUT2D eigenvalue weighted by molar-refractivity contribution is 6.14. The lowest BCUT2D eigenvalue weighted by Crippen LogP contribution is -2.56. The maximum atomic E-state index is 13.0. The first-order chi connectivity index (χ1) is 15.1. The van der Waals surface area contributed by atoms with Gasteiger partial charge >= 0.3 is 12.2 Å². The molecule has 0 radical (unpaired) electrons. The van der Waals surface area contributed by atoms with Gasteiger partial charge in [-0.05, 0) is 30.0 Å². The van der Waals surface area contributed by atoms with Gasteiger partial charge in [-0.1, -0.05) is 12.1 Å². The van der Waals surface area contributed by atoms with Crippen LogP contribution in [0.5, 0.6) is 0 Å². The molecule has 0 aromatic heterocycles. The molecule has 32 heavy (non-hydrogen) atoms. The van der Waals surface area contributed by atoms with E-state index in [1.807, 2.05) is 0 Å². The predicted molar refractivity (Wildman–Crippen MR) is 101 cm³/mol. The van der Waals surface area contributed by atoms with Gasteiger partial charge in [-0.2, -0.15) is 9.80 Å². The summed E-state index contributed by atoms with van der Waals surface area (Å²) in [6.07, 6.45) is -3.77. The third-order valence-electron chi connectivity index (χ3n) is 5.97. The van der Waals surface area contributed by atoms with Crippen molar-refractivity contribution in [1.29, 1.82) is 0 Å². The number of carboxylic acid groups (broad SMARTS) is 2. The van der Waals surface area contributed by atoms with Gasteiger partial charge in [0.1, 0.15) is 6.04 Å². The number of carbonyl (C=O) groups is 7. The third-order valence-corrected chi connectivity index (χ3v) is 5.97. The average molecular weight is 443 g/mol. The van der Waals surface area contributed by atoms with E-state index in [1.54, 1.807) is 6.07 Å². The summed E-state index contributed by atoms with van der Waals surface area (Å²) in [5.41, 5.74) is 0.972. The van der Waals surface area contributed by atoms with E-state index >= 15 is 0 Å².